The summed E-state index contributed by atoms with van der Waals surface area (Å²) in [6.45, 7) is 1.68. The lowest BCUT2D eigenvalue weighted by molar-refractivity contribution is -0.141. The van der Waals surface area contributed by atoms with Gasteiger partial charge in [-0.25, -0.2) is 0 Å². The van der Waals surface area contributed by atoms with Crippen molar-refractivity contribution in [3.05, 3.63) is 35.4 Å². The van der Waals surface area contributed by atoms with Crippen molar-refractivity contribution in [3.8, 4) is 0 Å². The summed E-state index contributed by atoms with van der Waals surface area (Å²) in [5, 5.41) is 11.8. The topological polar surface area (TPSA) is 66.4 Å². The molecule has 1 aromatic carbocycles. The quantitative estimate of drug-likeness (QED) is 0.832. The molecule has 7 heteroatoms. The molecule has 0 saturated heterocycles. The number of carbonyl (C=O) groups excluding carboxylic acids is 1. The molecular weight excluding hydrogens is 323 g/mol. The van der Waals surface area contributed by atoms with Gasteiger partial charge in [0.15, 0.2) is 0 Å². The van der Waals surface area contributed by atoms with Crippen LogP contribution in [0.3, 0.4) is 0 Å². The number of hydrogen-bond donors (Lipinski definition) is 2. The third-order valence-electron chi connectivity index (χ3n) is 4.46. The molecule has 0 bridgehead atoms. The molecular formula is C17H20F3NO3. The molecule has 132 valence electrons. The van der Waals surface area contributed by atoms with Crippen molar-refractivity contribution < 1.29 is 27.9 Å². The summed E-state index contributed by atoms with van der Waals surface area (Å²) in [6, 6.07) is 4.72. The lowest BCUT2D eigenvalue weighted by Crippen LogP contribution is -2.56. The molecule has 24 heavy (non-hydrogen) atoms. The second-order valence-electron chi connectivity index (χ2n) is 6.49. The van der Waals surface area contributed by atoms with Gasteiger partial charge in [0.05, 0.1) is 17.5 Å². The number of benzene rings is 1. The molecule has 4 nitrogen and oxygen atoms in total. The van der Waals surface area contributed by atoms with Gasteiger partial charge in [-0.05, 0) is 43.4 Å². The minimum Gasteiger partial charge on any atom is -0.481 e. The molecule has 0 spiro atoms. The van der Waals surface area contributed by atoms with E-state index in [-0.39, 0.29) is 12.3 Å². The lowest BCUT2D eigenvalue weighted by Gasteiger charge is -2.42. The van der Waals surface area contributed by atoms with E-state index >= 15 is 0 Å². The SMILES string of the molecule is CC(Cc1ccc(C(F)(F)F)cc1)C(=O)NC1(CC(=O)O)CCC1. The Morgan fingerprint density at radius 2 is 1.83 bits per heavy atom. The van der Waals surface area contributed by atoms with Crippen molar-refractivity contribution in [2.75, 3.05) is 0 Å². The van der Waals surface area contributed by atoms with Crippen LogP contribution >= 0.6 is 0 Å². The van der Waals surface area contributed by atoms with Crippen molar-refractivity contribution in [2.45, 2.75) is 50.7 Å². The fourth-order valence-corrected chi connectivity index (χ4v) is 2.90. The highest BCUT2D eigenvalue weighted by atomic mass is 19.4. The van der Waals surface area contributed by atoms with Crippen molar-refractivity contribution in [3.63, 3.8) is 0 Å². The van der Waals surface area contributed by atoms with Gasteiger partial charge in [0.1, 0.15) is 0 Å². The van der Waals surface area contributed by atoms with E-state index in [2.05, 4.69) is 5.32 Å². The first kappa shape index (κ1) is 18.3. The van der Waals surface area contributed by atoms with Crippen LogP contribution in [-0.2, 0) is 22.2 Å². The summed E-state index contributed by atoms with van der Waals surface area (Å²) < 4.78 is 37.6. The molecule has 0 aromatic heterocycles. The van der Waals surface area contributed by atoms with Gasteiger partial charge >= 0.3 is 12.1 Å². The van der Waals surface area contributed by atoms with Crippen LogP contribution in [0.1, 0.15) is 43.7 Å². The molecule has 0 aliphatic heterocycles. The first-order valence-electron chi connectivity index (χ1n) is 7.81. The summed E-state index contributed by atoms with van der Waals surface area (Å²) in [6.07, 6.45) is -2.04. The van der Waals surface area contributed by atoms with Gasteiger partial charge in [0.25, 0.3) is 0 Å². The molecule has 1 aromatic rings. The van der Waals surface area contributed by atoms with E-state index in [1.54, 1.807) is 6.92 Å². The van der Waals surface area contributed by atoms with E-state index in [1.165, 1.54) is 12.1 Å². The summed E-state index contributed by atoms with van der Waals surface area (Å²) in [7, 11) is 0. The number of carboxylic acid groups (broad SMARTS) is 1. The molecule has 0 heterocycles. The Balaban J connectivity index is 1.95. The molecule has 1 aliphatic rings. The van der Waals surface area contributed by atoms with Gasteiger partial charge in [-0.15, -0.1) is 0 Å². The number of halogens is 3. The summed E-state index contributed by atoms with van der Waals surface area (Å²) in [4.78, 5) is 23.2. The molecule has 1 aliphatic carbocycles. The fraction of sp³-hybridized carbons (Fsp3) is 0.529. The smallest absolute Gasteiger partial charge is 0.416 e. The molecule has 1 atom stereocenters. The molecule has 1 fully saturated rings. The number of rotatable bonds is 6. The van der Waals surface area contributed by atoms with Gasteiger partial charge in [-0.2, -0.15) is 13.2 Å². The number of carbonyl (C=O) groups is 2. The van der Waals surface area contributed by atoms with Crippen LogP contribution in [0.5, 0.6) is 0 Å². The Bertz CT molecular complexity index is 607. The van der Waals surface area contributed by atoms with E-state index in [0.717, 1.165) is 18.6 Å². The van der Waals surface area contributed by atoms with Crippen LogP contribution in [0.15, 0.2) is 24.3 Å². The van der Waals surface area contributed by atoms with Gasteiger partial charge < -0.3 is 10.4 Å². The number of amides is 1. The summed E-state index contributed by atoms with van der Waals surface area (Å²) in [5.41, 5.74) is -0.762. The molecule has 2 rings (SSSR count). The number of carboxylic acids is 1. The van der Waals surface area contributed by atoms with E-state index in [4.69, 9.17) is 5.11 Å². The first-order chi connectivity index (χ1) is 11.1. The van der Waals surface area contributed by atoms with E-state index < -0.39 is 29.2 Å². The number of hydrogen-bond acceptors (Lipinski definition) is 2. The van der Waals surface area contributed by atoms with Crippen molar-refractivity contribution in [2.24, 2.45) is 5.92 Å². The van der Waals surface area contributed by atoms with E-state index in [1.807, 2.05) is 0 Å². The van der Waals surface area contributed by atoms with E-state index in [9.17, 15) is 22.8 Å². The Hall–Kier alpha value is -2.05. The Kier molecular flexibility index (Phi) is 5.20. The van der Waals surface area contributed by atoms with Crippen LogP contribution in [0.25, 0.3) is 0 Å². The maximum atomic E-state index is 12.5. The highest BCUT2D eigenvalue weighted by Gasteiger charge is 2.41. The molecule has 1 saturated carbocycles. The number of aliphatic carboxylic acids is 1. The number of nitrogens with one attached hydrogen (secondary N) is 1. The minimum atomic E-state index is -4.38. The molecule has 0 radical (unpaired) electrons. The third kappa shape index (κ3) is 4.49. The fourth-order valence-electron chi connectivity index (χ4n) is 2.90. The zero-order chi connectivity index (χ0) is 18.0. The van der Waals surface area contributed by atoms with Gasteiger partial charge in [0, 0.05) is 5.92 Å². The third-order valence-corrected chi connectivity index (χ3v) is 4.46. The average molecular weight is 343 g/mol. The maximum Gasteiger partial charge on any atom is 0.416 e. The van der Waals surface area contributed by atoms with Gasteiger partial charge in [0.2, 0.25) is 5.91 Å². The summed E-state index contributed by atoms with van der Waals surface area (Å²) >= 11 is 0. The van der Waals surface area contributed by atoms with Gasteiger partial charge in [-0.1, -0.05) is 19.1 Å². The molecule has 1 amide bonds. The zero-order valence-electron chi connectivity index (χ0n) is 13.3. The van der Waals surface area contributed by atoms with Crippen molar-refractivity contribution >= 4 is 11.9 Å². The van der Waals surface area contributed by atoms with Crippen LogP contribution in [-0.4, -0.2) is 22.5 Å². The van der Waals surface area contributed by atoms with Crippen molar-refractivity contribution in [1.29, 1.82) is 0 Å². The maximum absolute atomic E-state index is 12.5. The van der Waals surface area contributed by atoms with Crippen LogP contribution < -0.4 is 5.32 Å². The predicted molar refractivity (Wildman–Crippen MR) is 81.3 cm³/mol. The second-order valence-corrected chi connectivity index (χ2v) is 6.49. The monoisotopic (exact) mass is 343 g/mol. The predicted octanol–water partition coefficient (Wildman–Crippen LogP) is 3.40. The lowest BCUT2D eigenvalue weighted by atomic mass is 9.74. The Morgan fingerprint density at radius 1 is 1.25 bits per heavy atom. The molecule has 2 N–H and O–H groups in total. The average Bonchev–Trinajstić information content (AvgIpc) is 2.43. The van der Waals surface area contributed by atoms with Gasteiger partial charge in [-0.3, -0.25) is 9.59 Å². The van der Waals surface area contributed by atoms with E-state index in [0.29, 0.717) is 24.8 Å². The highest BCUT2D eigenvalue weighted by Crippen LogP contribution is 2.35. The van der Waals surface area contributed by atoms with Crippen LogP contribution in [0, 0.1) is 5.92 Å². The standard InChI is InChI=1S/C17H20F3NO3/c1-11(9-12-3-5-13(6-4-12)17(18,19)20)15(24)21-16(7-2-8-16)10-14(22)23/h3-6,11H,2,7-10H2,1H3,(H,21,24)(H,22,23). The summed E-state index contributed by atoms with van der Waals surface area (Å²) in [5.74, 6) is -1.67. The number of alkyl halides is 3. The Morgan fingerprint density at radius 3 is 2.25 bits per heavy atom. The minimum absolute atomic E-state index is 0.105. The van der Waals surface area contributed by atoms with Crippen molar-refractivity contribution in [1.82, 2.24) is 5.32 Å². The molecule has 1 unspecified atom stereocenters. The van der Waals surface area contributed by atoms with Crippen LogP contribution in [0.2, 0.25) is 0 Å². The largest absolute Gasteiger partial charge is 0.481 e. The Labute approximate surface area is 138 Å². The first-order valence-corrected chi connectivity index (χ1v) is 7.81. The van der Waals surface area contributed by atoms with Crippen LogP contribution in [0.4, 0.5) is 13.2 Å². The second kappa shape index (κ2) is 6.83. The zero-order valence-corrected chi connectivity index (χ0v) is 13.3. The highest BCUT2D eigenvalue weighted by molar-refractivity contribution is 5.80. The normalized spacial score (nSPS) is 17.7.